The van der Waals surface area contributed by atoms with Crippen LogP contribution in [0.4, 0.5) is 5.69 Å². The number of carbonyl (C=O) groups excluding carboxylic acids is 2. The first kappa shape index (κ1) is 20.8. The van der Waals surface area contributed by atoms with Gasteiger partial charge in [-0.2, -0.15) is 5.10 Å². The lowest BCUT2D eigenvalue weighted by Crippen LogP contribution is -2.34. The van der Waals surface area contributed by atoms with Gasteiger partial charge in [-0.3, -0.25) is 9.59 Å². The topological polar surface area (TPSA) is 67.2 Å². The summed E-state index contributed by atoms with van der Waals surface area (Å²) in [6.07, 6.45) is 0.824. The minimum Gasteiger partial charge on any atom is -0.332 e. The van der Waals surface area contributed by atoms with Crippen LogP contribution in [0.2, 0.25) is 0 Å². The van der Waals surface area contributed by atoms with Crippen molar-refractivity contribution in [2.45, 2.75) is 20.3 Å². The van der Waals surface area contributed by atoms with E-state index in [-0.39, 0.29) is 18.4 Å². The summed E-state index contributed by atoms with van der Waals surface area (Å²) < 4.78 is 1.86. The number of amides is 2. The molecule has 4 aromatic rings. The maximum atomic E-state index is 13.0. The molecule has 2 aromatic heterocycles. The van der Waals surface area contributed by atoms with Crippen molar-refractivity contribution in [2.24, 2.45) is 0 Å². The maximum absolute atomic E-state index is 13.0. The van der Waals surface area contributed by atoms with E-state index < -0.39 is 0 Å². The predicted molar refractivity (Wildman–Crippen MR) is 125 cm³/mol. The quantitative estimate of drug-likeness (QED) is 0.482. The van der Waals surface area contributed by atoms with Crippen LogP contribution in [-0.2, 0) is 11.2 Å². The van der Waals surface area contributed by atoms with Gasteiger partial charge in [0.05, 0.1) is 22.8 Å². The molecule has 0 atom stereocenters. The number of likely N-dealkylation sites (N-methyl/N-ethyl adjacent to an activating group) is 1. The number of aryl methyl sites for hydroxylation is 2. The first-order chi connectivity index (χ1) is 15.0. The third kappa shape index (κ3) is 4.22. The van der Waals surface area contributed by atoms with Crippen LogP contribution in [0.5, 0.6) is 0 Å². The van der Waals surface area contributed by atoms with Gasteiger partial charge in [0.25, 0.3) is 5.91 Å². The SMILES string of the molecule is CCc1ccccc1NC(=O)CN(C)C(=O)c1cc2c(C)nn(-c3ccccc3)c2s1. The summed E-state index contributed by atoms with van der Waals surface area (Å²) in [5, 5.41) is 8.48. The molecule has 158 valence electrons. The molecule has 0 aliphatic rings. The zero-order valence-corrected chi connectivity index (χ0v) is 18.6. The van der Waals surface area contributed by atoms with Crippen molar-refractivity contribution >= 4 is 39.1 Å². The Kier molecular flexibility index (Phi) is 5.86. The van der Waals surface area contributed by atoms with Crippen LogP contribution >= 0.6 is 11.3 Å². The van der Waals surface area contributed by atoms with Gasteiger partial charge in [0.15, 0.2) is 0 Å². The molecule has 7 heteroatoms. The van der Waals surface area contributed by atoms with E-state index in [1.807, 2.05) is 79.2 Å². The number of anilines is 1. The van der Waals surface area contributed by atoms with Crippen LogP contribution in [0.15, 0.2) is 60.7 Å². The van der Waals surface area contributed by atoms with E-state index in [1.54, 1.807) is 7.05 Å². The molecule has 4 rings (SSSR count). The fraction of sp³-hybridized carbons (Fsp3) is 0.208. The van der Waals surface area contributed by atoms with Crippen LogP contribution < -0.4 is 5.32 Å². The van der Waals surface area contributed by atoms with E-state index in [4.69, 9.17) is 0 Å². The van der Waals surface area contributed by atoms with Crippen LogP contribution in [0, 0.1) is 6.92 Å². The fourth-order valence-electron chi connectivity index (χ4n) is 3.51. The van der Waals surface area contributed by atoms with Gasteiger partial charge in [-0.1, -0.05) is 43.3 Å². The smallest absolute Gasteiger partial charge is 0.264 e. The molecule has 2 heterocycles. The number of thiophene rings is 1. The van der Waals surface area contributed by atoms with Crippen LogP contribution in [0.1, 0.15) is 27.9 Å². The molecule has 0 radical (unpaired) electrons. The first-order valence-electron chi connectivity index (χ1n) is 10.2. The van der Waals surface area contributed by atoms with E-state index in [2.05, 4.69) is 10.4 Å². The molecule has 1 N–H and O–H groups in total. The molecular weight excluding hydrogens is 408 g/mol. The molecule has 0 saturated heterocycles. The molecule has 0 aliphatic heterocycles. The zero-order chi connectivity index (χ0) is 22.0. The van der Waals surface area contributed by atoms with Gasteiger partial charge in [0.1, 0.15) is 4.83 Å². The Labute approximate surface area is 185 Å². The number of aromatic nitrogens is 2. The van der Waals surface area contributed by atoms with E-state index in [0.717, 1.165) is 39.3 Å². The van der Waals surface area contributed by atoms with Crippen molar-refractivity contribution in [3.8, 4) is 5.69 Å². The number of benzene rings is 2. The van der Waals surface area contributed by atoms with E-state index >= 15 is 0 Å². The van der Waals surface area contributed by atoms with Crippen molar-refractivity contribution in [3.63, 3.8) is 0 Å². The Balaban J connectivity index is 1.52. The lowest BCUT2D eigenvalue weighted by molar-refractivity contribution is -0.116. The lowest BCUT2D eigenvalue weighted by Gasteiger charge is -2.17. The average molecular weight is 433 g/mol. The number of nitrogens with one attached hydrogen (secondary N) is 1. The molecular formula is C24H24N4O2S. The molecule has 6 nitrogen and oxygen atoms in total. The lowest BCUT2D eigenvalue weighted by atomic mass is 10.1. The van der Waals surface area contributed by atoms with Gasteiger partial charge >= 0.3 is 0 Å². The largest absolute Gasteiger partial charge is 0.332 e. The fourth-order valence-corrected chi connectivity index (χ4v) is 4.69. The second-order valence-corrected chi connectivity index (χ2v) is 8.41. The molecule has 2 aromatic carbocycles. The number of carbonyl (C=O) groups is 2. The van der Waals surface area contributed by atoms with Crippen molar-refractivity contribution < 1.29 is 9.59 Å². The van der Waals surface area contributed by atoms with Crippen molar-refractivity contribution in [1.29, 1.82) is 0 Å². The monoisotopic (exact) mass is 432 g/mol. The summed E-state index contributed by atoms with van der Waals surface area (Å²) in [5.41, 5.74) is 3.67. The average Bonchev–Trinajstić information content (AvgIpc) is 3.34. The molecule has 2 amide bonds. The molecule has 0 saturated carbocycles. The second kappa shape index (κ2) is 8.73. The van der Waals surface area contributed by atoms with Crippen molar-refractivity contribution in [2.75, 3.05) is 18.9 Å². The number of nitrogens with zero attached hydrogens (tertiary/aromatic N) is 3. The number of hydrogen-bond donors (Lipinski definition) is 1. The van der Waals surface area contributed by atoms with Crippen molar-refractivity contribution in [3.05, 3.63) is 76.8 Å². The Bertz CT molecular complexity index is 1240. The normalized spacial score (nSPS) is 10.9. The van der Waals surface area contributed by atoms with Crippen LogP contribution in [0.25, 0.3) is 15.9 Å². The van der Waals surface area contributed by atoms with Crippen LogP contribution in [-0.4, -0.2) is 40.1 Å². The summed E-state index contributed by atoms with van der Waals surface area (Å²) in [6.45, 7) is 3.96. The minimum absolute atomic E-state index is 0.0189. The Morgan fingerprint density at radius 2 is 1.81 bits per heavy atom. The molecule has 0 unspecified atom stereocenters. The van der Waals surface area contributed by atoms with Gasteiger partial charge < -0.3 is 10.2 Å². The summed E-state index contributed by atoms with van der Waals surface area (Å²) in [6, 6.07) is 19.4. The Morgan fingerprint density at radius 1 is 1.10 bits per heavy atom. The Hall–Kier alpha value is -3.45. The highest BCUT2D eigenvalue weighted by Gasteiger charge is 2.21. The molecule has 0 bridgehead atoms. The highest BCUT2D eigenvalue weighted by Crippen LogP contribution is 2.31. The van der Waals surface area contributed by atoms with Crippen molar-refractivity contribution in [1.82, 2.24) is 14.7 Å². The molecule has 0 spiro atoms. The summed E-state index contributed by atoms with van der Waals surface area (Å²) >= 11 is 1.39. The first-order valence-corrected chi connectivity index (χ1v) is 11.0. The van der Waals surface area contributed by atoms with Gasteiger partial charge in [0.2, 0.25) is 5.91 Å². The van der Waals surface area contributed by atoms with Gasteiger partial charge in [-0.05, 0) is 43.2 Å². The van der Waals surface area contributed by atoms with Gasteiger partial charge in [-0.15, -0.1) is 11.3 Å². The third-order valence-corrected chi connectivity index (χ3v) is 6.25. The minimum atomic E-state index is -0.218. The maximum Gasteiger partial charge on any atom is 0.264 e. The number of rotatable bonds is 6. The standard InChI is InChI=1S/C24H24N4O2S/c1-4-17-10-8-9-13-20(17)25-22(29)15-27(3)23(30)21-14-19-16(2)26-28(24(19)31-21)18-11-6-5-7-12-18/h5-14H,4,15H2,1-3H3,(H,25,29). The van der Waals surface area contributed by atoms with E-state index in [9.17, 15) is 9.59 Å². The molecule has 0 fully saturated rings. The second-order valence-electron chi connectivity index (χ2n) is 7.38. The Morgan fingerprint density at radius 3 is 2.55 bits per heavy atom. The molecule has 0 aliphatic carbocycles. The van der Waals surface area contributed by atoms with Crippen LogP contribution in [0.3, 0.4) is 0 Å². The van der Waals surface area contributed by atoms with Gasteiger partial charge in [0, 0.05) is 18.1 Å². The highest BCUT2D eigenvalue weighted by molar-refractivity contribution is 7.20. The zero-order valence-electron chi connectivity index (χ0n) is 17.8. The predicted octanol–water partition coefficient (Wildman–Crippen LogP) is 4.67. The van der Waals surface area contributed by atoms with E-state index in [1.165, 1.54) is 16.2 Å². The number of hydrogen-bond acceptors (Lipinski definition) is 4. The summed E-state index contributed by atoms with van der Waals surface area (Å²) in [7, 11) is 1.65. The highest BCUT2D eigenvalue weighted by atomic mass is 32.1. The number of para-hydroxylation sites is 2. The van der Waals surface area contributed by atoms with Gasteiger partial charge in [-0.25, -0.2) is 4.68 Å². The summed E-state index contributed by atoms with van der Waals surface area (Å²) in [4.78, 5) is 28.5. The molecule has 31 heavy (non-hydrogen) atoms. The summed E-state index contributed by atoms with van der Waals surface area (Å²) in [5.74, 6) is -0.399. The third-order valence-electron chi connectivity index (χ3n) is 5.16. The number of fused-ring (bicyclic) bond motifs is 1. The van der Waals surface area contributed by atoms with E-state index in [0.29, 0.717) is 4.88 Å².